The molecule has 0 aliphatic heterocycles. The van der Waals surface area contributed by atoms with Crippen LogP contribution >= 0.6 is 0 Å². The second-order valence-electron chi connectivity index (χ2n) is 24.8. The van der Waals surface area contributed by atoms with Crippen LogP contribution in [-0.2, 0) is 91.0 Å². The summed E-state index contributed by atoms with van der Waals surface area (Å²) in [5.41, 5.74) is -3.81. The highest BCUT2D eigenvalue weighted by atomic mass is 16.6. The van der Waals surface area contributed by atoms with Gasteiger partial charge in [0.15, 0.2) is 18.3 Å². The summed E-state index contributed by atoms with van der Waals surface area (Å²) >= 11 is 0. The molecule has 27 nitrogen and oxygen atoms in total. The Morgan fingerprint density at radius 3 is 0.783 bits per heavy atom. The van der Waals surface area contributed by atoms with E-state index >= 15 is 0 Å². The molecule has 27 heteroatoms. The van der Waals surface area contributed by atoms with Gasteiger partial charge in [0.1, 0.15) is 39.6 Å². The average molecular weight is 1310 g/mol. The Labute approximate surface area is 543 Å². The van der Waals surface area contributed by atoms with Crippen molar-refractivity contribution in [2.24, 2.45) is 34.5 Å². The smallest absolute Gasteiger partial charge is 0.407 e. The first-order valence-corrected chi connectivity index (χ1v) is 33.3. The van der Waals surface area contributed by atoms with Gasteiger partial charge >= 0.3 is 71.2 Å². The lowest BCUT2D eigenvalue weighted by atomic mass is 9.91. The Morgan fingerprint density at radius 1 is 0.348 bits per heavy atom. The molecule has 1 aromatic rings. The summed E-state index contributed by atoms with van der Waals surface area (Å²) in [6, 6.07) is 0. The van der Waals surface area contributed by atoms with E-state index in [0.29, 0.717) is 116 Å². The van der Waals surface area contributed by atoms with E-state index in [1.54, 1.807) is 55.4 Å². The van der Waals surface area contributed by atoms with Crippen LogP contribution in [0.25, 0.3) is 0 Å². The molecule has 92 heavy (non-hydrogen) atoms. The number of ether oxygens (including phenoxy) is 9. The van der Waals surface area contributed by atoms with Gasteiger partial charge in [-0.2, -0.15) is 0 Å². The summed E-state index contributed by atoms with van der Waals surface area (Å²) in [4.78, 5) is 155. The number of rotatable bonds is 48. The van der Waals surface area contributed by atoms with Crippen LogP contribution in [0.4, 0.5) is 14.4 Å². The van der Waals surface area contributed by atoms with E-state index in [9.17, 15) is 57.5 Å². The third-order valence-electron chi connectivity index (χ3n) is 16.3. The molecule has 0 spiro atoms. The van der Waals surface area contributed by atoms with E-state index in [4.69, 9.17) is 42.6 Å². The van der Waals surface area contributed by atoms with Crippen LogP contribution in [0, 0.1) is 34.5 Å². The van der Waals surface area contributed by atoms with E-state index in [0.717, 1.165) is 13.7 Å². The van der Waals surface area contributed by atoms with Gasteiger partial charge in [-0.3, -0.25) is 28.8 Å². The highest BCUT2D eigenvalue weighted by molar-refractivity contribution is 5.77. The molecular formula is C65H112N6O21. The first kappa shape index (κ1) is 83.1. The predicted molar refractivity (Wildman–Crippen MR) is 341 cm³/mol. The number of amides is 3. The minimum Gasteiger partial charge on any atom is -0.461 e. The largest absolute Gasteiger partial charge is 0.461 e. The minimum atomic E-state index is -1.06. The number of nitrogens with one attached hydrogen (secondary N) is 3. The van der Waals surface area contributed by atoms with E-state index in [2.05, 4.69) is 16.0 Å². The minimum absolute atomic E-state index is 0.00329. The Balaban J connectivity index is 3.09. The van der Waals surface area contributed by atoms with E-state index < -0.39 is 100 Å². The molecule has 6 atom stereocenters. The standard InChI is InChI=1S/C65H112N6O21/c1-15-45(7)52(72)84-39-49(40-85-53(73)46(8)16-2)90-58(78)66-33-27-21-24-30-36-69-61(81)70(37-31-25-22-28-34-67-59(79)91-50(41-86-54(74)47(9)17-3)43-88-56(76)64(11,12)19-5)63(83)71(62(69)82)38-32-26-23-29-35-68-60(80)92-51(42-87-55(75)48(10)18-4)44-89-57(77)65(13,14)20-6/h45-51H,15-44H2,1-14H3,(H,66,78)(H,67,79)(H,68,80). The Bertz CT molecular complexity index is 2460. The Morgan fingerprint density at radius 2 is 0.565 bits per heavy atom. The van der Waals surface area contributed by atoms with Crippen molar-refractivity contribution in [2.45, 2.75) is 250 Å². The van der Waals surface area contributed by atoms with Crippen molar-refractivity contribution in [3.63, 3.8) is 0 Å². The first-order valence-electron chi connectivity index (χ1n) is 33.3. The molecule has 0 aromatic carbocycles. The fourth-order valence-corrected chi connectivity index (χ4v) is 7.95. The number of esters is 6. The Kier molecular flexibility index (Phi) is 40.9. The molecule has 0 aliphatic carbocycles. The van der Waals surface area contributed by atoms with Gasteiger partial charge in [0, 0.05) is 39.3 Å². The van der Waals surface area contributed by atoms with Gasteiger partial charge in [0.25, 0.3) is 0 Å². The van der Waals surface area contributed by atoms with Crippen molar-refractivity contribution in [2.75, 3.05) is 59.3 Å². The van der Waals surface area contributed by atoms with E-state index in [1.165, 1.54) is 0 Å². The Hall–Kier alpha value is -6.96. The second kappa shape index (κ2) is 45.4. The lowest BCUT2D eigenvalue weighted by Crippen LogP contribution is -2.54. The number of hydrogen-bond acceptors (Lipinski definition) is 21. The molecule has 1 heterocycles. The number of unbranched alkanes of at least 4 members (excludes halogenated alkanes) is 9. The number of aromatic nitrogens is 3. The molecule has 0 saturated heterocycles. The third-order valence-corrected chi connectivity index (χ3v) is 16.3. The van der Waals surface area contributed by atoms with Crippen LogP contribution in [0.2, 0.25) is 0 Å². The molecule has 1 rings (SSSR count). The third kappa shape index (κ3) is 32.5. The second-order valence-corrected chi connectivity index (χ2v) is 24.8. The van der Waals surface area contributed by atoms with Gasteiger partial charge in [-0.1, -0.05) is 108 Å². The van der Waals surface area contributed by atoms with Crippen LogP contribution in [0.1, 0.15) is 213 Å². The molecule has 1 aromatic heterocycles. The van der Waals surface area contributed by atoms with Gasteiger partial charge in [0.2, 0.25) is 0 Å². The van der Waals surface area contributed by atoms with Gasteiger partial charge in [-0.25, -0.2) is 42.5 Å². The number of carbonyl (C=O) groups excluding carboxylic acids is 9. The summed E-state index contributed by atoms with van der Waals surface area (Å²) in [5.74, 6) is -4.39. The number of carbonyl (C=O) groups is 9. The molecule has 3 amide bonds. The average Bonchev–Trinajstić information content (AvgIpc) is 0.800. The maximum Gasteiger partial charge on any atom is 0.407 e. The van der Waals surface area contributed by atoms with E-state index in [-0.39, 0.29) is 103 Å². The van der Waals surface area contributed by atoms with Crippen molar-refractivity contribution in [1.29, 1.82) is 0 Å². The fraction of sp³-hybridized carbons (Fsp3) is 0.815. The van der Waals surface area contributed by atoms with Crippen LogP contribution in [0.15, 0.2) is 14.4 Å². The predicted octanol–water partition coefficient (Wildman–Crippen LogP) is 8.45. The molecule has 6 unspecified atom stereocenters. The van der Waals surface area contributed by atoms with Crippen molar-refractivity contribution in [3.8, 4) is 0 Å². The molecule has 0 radical (unpaired) electrons. The topological polar surface area (TPSA) is 339 Å². The van der Waals surface area contributed by atoms with Crippen molar-refractivity contribution in [1.82, 2.24) is 29.7 Å². The van der Waals surface area contributed by atoms with Crippen LogP contribution < -0.4 is 33.0 Å². The number of alkyl carbamates (subject to hydrolysis) is 3. The van der Waals surface area contributed by atoms with E-state index in [1.807, 2.05) is 41.5 Å². The van der Waals surface area contributed by atoms with Crippen LogP contribution in [0.3, 0.4) is 0 Å². The molecule has 528 valence electrons. The van der Waals surface area contributed by atoms with Gasteiger partial charge in [0.05, 0.1) is 34.5 Å². The summed E-state index contributed by atoms with van der Waals surface area (Å²) in [7, 11) is 0. The lowest BCUT2D eigenvalue weighted by molar-refractivity contribution is -0.162. The zero-order valence-corrected chi connectivity index (χ0v) is 57.7. The molecule has 0 aliphatic rings. The summed E-state index contributed by atoms with van der Waals surface area (Å²) in [5, 5.41) is 7.98. The van der Waals surface area contributed by atoms with Crippen molar-refractivity contribution < 1.29 is 85.8 Å². The SMILES string of the molecule is CCC(C)C(=O)OCC(COC(=O)C(C)CC)OC(=O)NCCCCCCn1c(=O)n(CCCCCCNC(=O)OC(COC(=O)C(C)CC)COC(=O)C(C)(C)CC)c(=O)n(CCCCCCNC(=O)OC(COC(=O)C(C)CC)COC(=O)C(C)(C)CC)c1=O. The van der Waals surface area contributed by atoms with Gasteiger partial charge in [-0.15, -0.1) is 0 Å². The molecule has 0 saturated carbocycles. The summed E-state index contributed by atoms with van der Waals surface area (Å²) in [6.07, 6.45) is 3.61. The fourth-order valence-electron chi connectivity index (χ4n) is 7.95. The maximum absolute atomic E-state index is 14.0. The quantitative estimate of drug-likeness (QED) is 0.0313. The molecule has 0 fully saturated rings. The highest BCUT2D eigenvalue weighted by Gasteiger charge is 2.31. The lowest BCUT2D eigenvalue weighted by Gasteiger charge is -2.23. The zero-order chi connectivity index (χ0) is 69.4. The van der Waals surface area contributed by atoms with Crippen LogP contribution in [0.5, 0.6) is 0 Å². The van der Waals surface area contributed by atoms with Crippen molar-refractivity contribution in [3.05, 3.63) is 31.5 Å². The number of hydrogen-bond donors (Lipinski definition) is 3. The first-order chi connectivity index (χ1) is 43.5. The molecule has 0 bridgehead atoms. The summed E-state index contributed by atoms with van der Waals surface area (Å²) < 4.78 is 51.8. The normalized spacial score (nSPS) is 13.8. The molecular weight excluding hydrogens is 1200 g/mol. The monoisotopic (exact) mass is 1310 g/mol. The zero-order valence-electron chi connectivity index (χ0n) is 57.7. The number of nitrogens with zero attached hydrogens (tertiary/aromatic N) is 3. The van der Waals surface area contributed by atoms with Crippen LogP contribution in [-0.4, -0.2) is 145 Å². The molecule has 3 N–H and O–H groups in total. The van der Waals surface area contributed by atoms with Gasteiger partial charge < -0.3 is 58.6 Å². The maximum atomic E-state index is 14.0. The van der Waals surface area contributed by atoms with Gasteiger partial charge in [-0.05, 0) is 105 Å². The highest BCUT2D eigenvalue weighted by Crippen LogP contribution is 2.23. The summed E-state index contributed by atoms with van der Waals surface area (Å²) in [6.45, 7) is 23.5. The van der Waals surface area contributed by atoms with Crippen molar-refractivity contribution >= 4 is 54.1 Å².